The van der Waals surface area contributed by atoms with Crippen molar-refractivity contribution in [1.82, 2.24) is 4.90 Å². The summed E-state index contributed by atoms with van der Waals surface area (Å²) in [4.78, 5) is 51.3. The van der Waals surface area contributed by atoms with E-state index in [1.54, 1.807) is 24.3 Å². The molecule has 0 fully saturated rings. The Kier molecular flexibility index (Phi) is 5.19. The lowest BCUT2D eigenvalue weighted by Crippen LogP contribution is -2.31. The highest BCUT2D eigenvalue weighted by atomic mass is 32.1. The van der Waals surface area contributed by atoms with Gasteiger partial charge in [-0.2, -0.15) is 0 Å². The first-order valence-corrected chi connectivity index (χ1v) is 10.5. The molecule has 0 saturated carbocycles. The second kappa shape index (κ2) is 7.79. The number of thiophene rings is 1. The molecule has 1 aromatic carbocycles. The third-order valence-electron chi connectivity index (χ3n) is 5.33. The van der Waals surface area contributed by atoms with Gasteiger partial charge in [0.05, 0.1) is 16.7 Å². The Morgan fingerprint density at radius 3 is 2.38 bits per heavy atom. The first kappa shape index (κ1) is 19.3. The Balaban J connectivity index is 1.37. The van der Waals surface area contributed by atoms with Crippen molar-refractivity contribution in [2.24, 2.45) is 5.73 Å². The molecule has 1 aliphatic carbocycles. The van der Waals surface area contributed by atoms with Gasteiger partial charge in [-0.05, 0) is 49.8 Å². The van der Waals surface area contributed by atoms with Crippen LogP contribution in [-0.4, -0.2) is 35.1 Å². The lowest BCUT2D eigenvalue weighted by molar-refractivity contribution is -0.116. The van der Waals surface area contributed by atoms with E-state index in [0.717, 1.165) is 36.1 Å². The molecular formula is C21H21N3O4S. The number of imide groups is 1. The number of hydrogen-bond donors (Lipinski definition) is 2. The fraction of sp³-hybridized carbons (Fsp3) is 0.333. The number of benzene rings is 1. The molecule has 4 rings (SSSR count). The van der Waals surface area contributed by atoms with Crippen LogP contribution in [0.4, 0.5) is 5.00 Å². The minimum Gasteiger partial charge on any atom is -0.365 e. The highest BCUT2D eigenvalue weighted by molar-refractivity contribution is 7.17. The van der Waals surface area contributed by atoms with Crippen molar-refractivity contribution in [3.63, 3.8) is 0 Å². The van der Waals surface area contributed by atoms with Gasteiger partial charge < -0.3 is 11.1 Å². The summed E-state index contributed by atoms with van der Waals surface area (Å²) in [6.45, 7) is 0.170. The Hall–Kier alpha value is -3.00. The zero-order chi connectivity index (χ0) is 20.5. The van der Waals surface area contributed by atoms with Gasteiger partial charge in [-0.1, -0.05) is 12.1 Å². The summed E-state index contributed by atoms with van der Waals surface area (Å²) >= 11 is 1.42. The zero-order valence-electron chi connectivity index (χ0n) is 15.8. The fourth-order valence-electron chi connectivity index (χ4n) is 3.94. The number of primary amides is 1. The molecule has 2 aromatic rings. The summed E-state index contributed by atoms with van der Waals surface area (Å²) in [6, 6.07) is 6.70. The number of nitrogens with zero attached hydrogens (tertiary/aromatic N) is 1. The number of nitrogens with two attached hydrogens (primary N) is 1. The molecule has 3 N–H and O–H groups in total. The van der Waals surface area contributed by atoms with Crippen LogP contribution < -0.4 is 11.1 Å². The highest BCUT2D eigenvalue weighted by Crippen LogP contribution is 2.38. The average molecular weight is 411 g/mol. The van der Waals surface area contributed by atoms with Crippen molar-refractivity contribution in [2.75, 3.05) is 11.9 Å². The van der Waals surface area contributed by atoms with Gasteiger partial charge in [-0.15, -0.1) is 11.3 Å². The molecule has 29 heavy (non-hydrogen) atoms. The van der Waals surface area contributed by atoms with E-state index in [9.17, 15) is 19.2 Å². The Labute approximate surface area is 171 Å². The van der Waals surface area contributed by atoms with Crippen LogP contribution in [0, 0.1) is 0 Å². The highest BCUT2D eigenvalue weighted by Gasteiger charge is 2.34. The zero-order valence-corrected chi connectivity index (χ0v) is 16.6. The summed E-state index contributed by atoms with van der Waals surface area (Å²) in [6.07, 6.45) is 4.26. The number of hydrogen-bond acceptors (Lipinski definition) is 5. The van der Waals surface area contributed by atoms with Gasteiger partial charge in [-0.25, -0.2) is 0 Å². The van der Waals surface area contributed by atoms with Crippen LogP contribution in [0.25, 0.3) is 0 Å². The summed E-state index contributed by atoms with van der Waals surface area (Å²) in [5, 5.41) is 3.31. The smallest absolute Gasteiger partial charge is 0.261 e. The molecule has 150 valence electrons. The third-order valence-corrected chi connectivity index (χ3v) is 6.54. The maximum atomic E-state index is 12.4. The molecule has 0 spiro atoms. The van der Waals surface area contributed by atoms with Crippen LogP contribution in [-0.2, 0) is 17.6 Å². The van der Waals surface area contributed by atoms with Gasteiger partial charge in [-0.3, -0.25) is 24.1 Å². The fourth-order valence-corrected chi connectivity index (χ4v) is 5.25. The number of carbonyl (C=O) groups excluding carboxylic acids is 4. The molecule has 1 aromatic heterocycles. The van der Waals surface area contributed by atoms with Gasteiger partial charge in [0.25, 0.3) is 17.7 Å². The number of anilines is 1. The minimum absolute atomic E-state index is 0.133. The van der Waals surface area contributed by atoms with Crippen LogP contribution in [0.1, 0.15) is 67.2 Å². The van der Waals surface area contributed by atoms with E-state index in [2.05, 4.69) is 5.32 Å². The average Bonchev–Trinajstić information content (AvgIpc) is 3.18. The van der Waals surface area contributed by atoms with Gasteiger partial charge in [0, 0.05) is 17.8 Å². The topological polar surface area (TPSA) is 110 Å². The molecule has 2 aliphatic rings. The first-order chi connectivity index (χ1) is 14.0. The molecule has 2 heterocycles. The second-order valence-corrected chi connectivity index (χ2v) is 8.34. The molecule has 8 heteroatoms. The van der Waals surface area contributed by atoms with Gasteiger partial charge in [0.15, 0.2) is 0 Å². The van der Waals surface area contributed by atoms with Crippen molar-refractivity contribution in [3.05, 3.63) is 51.4 Å². The van der Waals surface area contributed by atoms with E-state index < -0.39 is 5.91 Å². The van der Waals surface area contributed by atoms with Crippen LogP contribution in [0.2, 0.25) is 0 Å². The first-order valence-electron chi connectivity index (χ1n) is 9.66. The number of rotatable bonds is 6. The maximum Gasteiger partial charge on any atom is 0.261 e. The lowest BCUT2D eigenvalue weighted by atomic mass is 9.95. The van der Waals surface area contributed by atoms with Crippen molar-refractivity contribution in [2.45, 2.75) is 38.5 Å². The number of amides is 4. The van der Waals surface area contributed by atoms with Crippen molar-refractivity contribution in [1.29, 1.82) is 0 Å². The lowest BCUT2D eigenvalue weighted by Gasteiger charge is -2.13. The third kappa shape index (κ3) is 3.55. The summed E-state index contributed by atoms with van der Waals surface area (Å²) in [5.41, 5.74) is 7.75. The van der Waals surface area contributed by atoms with Crippen LogP contribution in [0.15, 0.2) is 24.3 Å². The summed E-state index contributed by atoms with van der Waals surface area (Å²) in [7, 11) is 0. The Bertz CT molecular complexity index is 992. The summed E-state index contributed by atoms with van der Waals surface area (Å²) in [5.74, 6) is -1.44. The SMILES string of the molecule is NC(=O)c1c(NC(=O)CCCN2C(=O)c3ccccc3C2=O)sc2c1CCCC2. The number of fused-ring (bicyclic) bond motifs is 2. The molecule has 7 nitrogen and oxygen atoms in total. The predicted molar refractivity (Wildman–Crippen MR) is 109 cm³/mol. The van der Waals surface area contributed by atoms with Crippen molar-refractivity contribution in [3.8, 4) is 0 Å². The van der Waals surface area contributed by atoms with E-state index >= 15 is 0 Å². The van der Waals surface area contributed by atoms with Gasteiger partial charge >= 0.3 is 0 Å². The number of aryl methyl sites for hydroxylation is 1. The molecule has 0 unspecified atom stereocenters. The van der Waals surface area contributed by atoms with E-state index in [4.69, 9.17) is 5.73 Å². The number of carbonyl (C=O) groups is 4. The van der Waals surface area contributed by atoms with Gasteiger partial charge in [0.1, 0.15) is 5.00 Å². The molecule has 1 aliphatic heterocycles. The van der Waals surface area contributed by atoms with Crippen LogP contribution >= 0.6 is 11.3 Å². The largest absolute Gasteiger partial charge is 0.365 e. The summed E-state index contributed by atoms with van der Waals surface area (Å²) < 4.78 is 0. The van der Waals surface area contributed by atoms with Gasteiger partial charge in [0.2, 0.25) is 5.91 Å². The van der Waals surface area contributed by atoms with E-state index in [1.807, 2.05) is 0 Å². The molecule has 0 radical (unpaired) electrons. The second-order valence-electron chi connectivity index (χ2n) is 7.24. The predicted octanol–water partition coefficient (Wildman–Crippen LogP) is 2.74. The monoisotopic (exact) mass is 411 g/mol. The van der Waals surface area contributed by atoms with E-state index in [0.29, 0.717) is 28.1 Å². The van der Waals surface area contributed by atoms with Crippen molar-refractivity contribution >= 4 is 40.0 Å². The van der Waals surface area contributed by atoms with Crippen molar-refractivity contribution < 1.29 is 19.2 Å². The number of nitrogens with one attached hydrogen (secondary N) is 1. The molecule has 0 saturated heterocycles. The molecule has 0 atom stereocenters. The molecule has 4 amide bonds. The normalized spacial score (nSPS) is 15.2. The van der Waals surface area contributed by atoms with E-state index in [1.165, 1.54) is 16.2 Å². The van der Waals surface area contributed by atoms with E-state index in [-0.39, 0.29) is 30.7 Å². The maximum absolute atomic E-state index is 12.4. The Morgan fingerprint density at radius 1 is 1.07 bits per heavy atom. The van der Waals surface area contributed by atoms with Crippen LogP contribution in [0.3, 0.4) is 0 Å². The quantitative estimate of drug-likeness (QED) is 0.712. The standard InChI is InChI=1S/C21H21N3O4S/c22-18(26)17-14-8-3-4-9-15(14)29-19(17)23-16(25)10-5-11-24-20(27)12-6-1-2-7-13(12)21(24)28/h1-2,6-7H,3-5,8-11H2,(H2,22,26)(H,23,25). The molecule has 0 bridgehead atoms. The minimum atomic E-state index is -0.522. The van der Waals surface area contributed by atoms with Crippen LogP contribution in [0.5, 0.6) is 0 Å². The molecular weight excluding hydrogens is 390 g/mol. The Morgan fingerprint density at radius 2 is 1.72 bits per heavy atom.